The van der Waals surface area contributed by atoms with Gasteiger partial charge in [-0.1, -0.05) is 34.1 Å². The lowest BCUT2D eigenvalue weighted by Crippen LogP contribution is -1.55. The summed E-state index contributed by atoms with van der Waals surface area (Å²) < 4.78 is 1.13. The van der Waals surface area contributed by atoms with Crippen LogP contribution < -0.4 is 0 Å². The van der Waals surface area contributed by atoms with Crippen molar-refractivity contribution in [1.82, 2.24) is 0 Å². The lowest BCUT2D eigenvalue weighted by Gasteiger charge is -1.80. The van der Waals surface area contributed by atoms with E-state index in [0.29, 0.717) is 0 Å². The predicted molar refractivity (Wildman–Crippen MR) is 58.1 cm³/mol. The third-order valence-electron chi connectivity index (χ3n) is 0.733. The topological polar surface area (TPSA) is 0 Å². The van der Waals surface area contributed by atoms with E-state index in [1.165, 1.54) is 0 Å². The van der Waals surface area contributed by atoms with E-state index < -0.39 is 0 Å². The monoisotopic (exact) mass is 310 g/mol. The van der Waals surface area contributed by atoms with Gasteiger partial charge in [-0.25, -0.2) is 0 Å². The quantitative estimate of drug-likeness (QED) is 0.509. The first kappa shape index (κ1) is 12.8. The molecule has 0 fully saturated rings. The van der Waals surface area contributed by atoms with Crippen LogP contribution in [0.25, 0.3) is 0 Å². The minimum Gasteiger partial charge on any atom is -0.107 e. The Morgan fingerprint density at radius 1 is 1.00 bits per heavy atom. The Morgan fingerprint density at radius 2 is 1.44 bits per heavy atom. The first-order valence-electron chi connectivity index (χ1n) is 2.10. The maximum absolute atomic E-state index is 3.31. The van der Waals surface area contributed by atoms with E-state index in [0.717, 1.165) is 4.47 Å². The van der Waals surface area contributed by atoms with E-state index in [1.54, 1.807) is 0 Å². The van der Waals surface area contributed by atoms with Crippen LogP contribution in [-0.4, -0.2) is 23.1 Å². The molecule has 0 saturated heterocycles. The van der Waals surface area contributed by atoms with Gasteiger partial charge in [-0.15, -0.1) is 24.0 Å². The molecule has 0 aliphatic carbocycles. The van der Waals surface area contributed by atoms with Crippen LogP contribution >= 0.6 is 39.9 Å². The molecule has 3 heteroatoms. The molecule has 1 aromatic rings. The average Bonchev–Trinajstić information content (AvgIpc) is 1.69. The van der Waals surface area contributed by atoms with Crippen LogP contribution in [0.15, 0.2) is 34.8 Å². The second-order valence-corrected chi connectivity index (χ2v) is 2.21. The van der Waals surface area contributed by atoms with Crippen LogP contribution in [0.5, 0.6) is 0 Å². The minimum atomic E-state index is 0. The molecule has 0 amide bonds. The highest BCUT2D eigenvalue weighted by Crippen LogP contribution is 2.05. The van der Waals surface area contributed by atoms with E-state index in [-0.39, 0.29) is 47.0 Å². The molecule has 48 valence electrons. The van der Waals surface area contributed by atoms with Gasteiger partial charge < -0.3 is 0 Å². The summed E-state index contributed by atoms with van der Waals surface area (Å²) >= 11 is 3.31. The number of halogens is 2. The van der Waals surface area contributed by atoms with E-state index in [2.05, 4.69) is 15.9 Å². The second kappa shape index (κ2) is 7.30. The molecule has 0 heterocycles. The molecule has 1 aromatic carbocycles. The zero-order valence-electron chi connectivity index (χ0n) is 4.17. The fourth-order valence-electron chi connectivity index (χ4n) is 0.415. The van der Waals surface area contributed by atoms with Crippen LogP contribution in [0.1, 0.15) is 0 Å². The van der Waals surface area contributed by atoms with Gasteiger partial charge in [-0.3, -0.25) is 0 Å². The van der Waals surface area contributed by atoms with Gasteiger partial charge in [-0.2, -0.15) is 0 Å². The summed E-state index contributed by atoms with van der Waals surface area (Å²) in [5, 5.41) is 0. The third-order valence-corrected chi connectivity index (χ3v) is 1.26. The lowest BCUT2D eigenvalue weighted by atomic mass is 10.4. The summed E-state index contributed by atoms with van der Waals surface area (Å²) in [4.78, 5) is 0. The van der Waals surface area contributed by atoms with Crippen molar-refractivity contribution in [2.24, 2.45) is 0 Å². The Hall–Kier alpha value is 1.20. The molecule has 0 radical (unpaired) electrons. The molecule has 0 N–H and O–H groups in total. The maximum atomic E-state index is 3.31. The number of hydrogen-bond acceptors (Lipinski definition) is 0. The summed E-state index contributed by atoms with van der Waals surface area (Å²) in [6.07, 6.45) is 0. The van der Waals surface area contributed by atoms with Gasteiger partial charge in [0.25, 0.3) is 0 Å². The van der Waals surface area contributed by atoms with Crippen molar-refractivity contribution >= 4 is 63.0 Å². The fraction of sp³-hybridized carbons (Fsp3) is 0. The molecule has 0 saturated carbocycles. The van der Waals surface area contributed by atoms with Crippen molar-refractivity contribution in [2.45, 2.75) is 0 Å². The zero-order valence-corrected chi connectivity index (χ0v) is 8.09. The average molecular weight is 311 g/mol. The molecular weight excluding hydrogens is 303 g/mol. The number of benzene rings is 1. The summed E-state index contributed by atoms with van der Waals surface area (Å²) in [6.45, 7) is 0. The molecule has 9 heavy (non-hydrogen) atoms. The standard InChI is InChI=1S/C6H5Br.HI.Mg.2H/c7-6-4-2-1-3-5-6;;;;/h1-5H;1H;;;. The molecule has 0 nitrogen and oxygen atoms in total. The van der Waals surface area contributed by atoms with Gasteiger partial charge >= 0.3 is 23.1 Å². The Kier molecular flexibility index (Phi) is 10.4. The molecule has 0 aliphatic rings. The number of rotatable bonds is 0. The van der Waals surface area contributed by atoms with Gasteiger partial charge in [0.15, 0.2) is 0 Å². The third kappa shape index (κ3) is 5.63. The van der Waals surface area contributed by atoms with E-state index in [9.17, 15) is 0 Å². The minimum absolute atomic E-state index is 0. The summed E-state index contributed by atoms with van der Waals surface area (Å²) in [7, 11) is 0. The van der Waals surface area contributed by atoms with Crippen molar-refractivity contribution in [3.63, 3.8) is 0 Å². The highest BCUT2D eigenvalue weighted by molar-refractivity contribution is 14.0. The number of hydrogen-bond donors (Lipinski definition) is 0. The second-order valence-electron chi connectivity index (χ2n) is 1.30. The molecular formula is C6H8BrIMg. The normalized spacial score (nSPS) is 6.78. The van der Waals surface area contributed by atoms with Gasteiger partial charge in [-0.05, 0) is 12.1 Å². The van der Waals surface area contributed by atoms with Crippen LogP contribution in [0.3, 0.4) is 0 Å². The largest absolute Gasteiger partial charge is 0.316 e. The molecule has 0 aliphatic heterocycles. The smallest absolute Gasteiger partial charge is 0.107 e. The molecule has 0 aromatic heterocycles. The van der Waals surface area contributed by atoms with Crippen molar-refractivity contribution in [2.75, 3.05) is 0 Å². The highest BCUT2D eigenvalue weighted by atomic mass is 127. The van der Waals surface area contributed by atoms with Crippen LogP contribution in [-0.2, 0) is 0 Å². The van der Waals surface area contributed by atoms with Crippen LogP contribution in [0, 0.1) is 0 Å². The Balaban J connectivity index is 0. The van der Waals surface area contributed by atoms with E-state index in [4.69, 9.17) is 0 Å². The summed E-state index contributed by atoms with van der Waals surface area (Å²) in [5.41, 5.74) is 0. The van der Waals surface area contributed by atoms with E-state index >= 15 is 0 Å². The predicted octanol–water partition coefficient (Wildman–Crippen LogP) is 2.15. The first-order valence-corrected chi connectivity index (χ1v) is 2.89. The Labute approximate surface area is 96.7 Å². The van der Waals surface area contributed by atoms with Gasteiger partial charge in [0.2, 0.25) is 0 Å². The van der Waals surface area contributed by atoms with Gasteiger partial charge in [0.1, 0.15) is 0 Å². The van der Waals surface area contributed by atoms with Gasteiger partial charge in [0, 0.05) is 4.47 Å². The van der Waals surface area contributed by atoms with Gasteiger partial charge in [0.05, 0.1) is 0 Å². The highest BCUT2D eigenvalue weighted by Gasteiger charge is 1.74. The van der Waals surface area contributed by atoms with Crippen molar-refractivity contribution in [3.05, 3.63) is 34.8 Å². The Bertz CT molecular complexity index is 143. The molecule has 0 unspecified atom stereocenters. The molecule has 0 bridgehead atoms. The van der Waals surface area contributed by atoms with Crippen molar-refractivity contribution in [3.8, 4) is 0 Å². The summed E-state index contributed by atoms with van der Waals surface area (Å²) in [5.74, 6) is 0. The van der Waals surface area contributed by atoms with Crippen LogP contribution in [0.4, 0.5) is 0 Å². The van der Waals surface area contributed by atoms with Crippen molar-refractivity contribution in [1.29, 1.82) is 0 Å². The lowest BCUT2D eigenvalue weighted by molar-refractivity contribution is 1.66. The van der Waals surface area contributed by atoms with E-state index in [1.807, 2.05) is 30.3 Å². The maximum Gasteiger partial charge on any atom is 0.316 e. The SMILES string of the molecule is Brc1ccccc1.I.[MgH2]. The van der Waals surface area contributed by atoms with Crippen LogP contribution in [0.2, 0.25) is 0 Å². The Morgan fingerprint density at radius 3 is 1.67 bits per heavy atom. The molecule has 0 spiro atoms. The fourth-order valence-corrected chi connectivity index (χ4v) is 0.720. The molecule has 1 rings (SSSR count). The zero-order chi connectivity index (χ0) is 5.11. The first-order chi connectivity index (χ1) is 3.39. The van der Waals surface area contributed by atoms with Crippen molar-refractivity contribution < 1.29 is 0 Å². The summed E-state index contributed by atoms with van der Waals surface area (Å²) in [6, 6.07) is 9.97. The molecule has 0 atom stereocenters.